The normalized spacial score (nSPS) is 14.1. The fourth-order valence-electron chi connectivity index (χ4n) is 4.77. The number of halogens is 1. The number of ether oxygens (including phenoxy) is 1. The van der Waals surface area contributed by atoms with E-state index >= 15 is 0 Å². The molecule has 9 nitrogen and oxygen atoms in total. The highest BCUT2D eigenvalue weighted by Crippen LogP contribution is 2.49. The van der Waals surface area contributed by atoms with Gasteiger partial charge in [0.2, 0.25) is 0 Å². The zero-order valence-corrected chi connectivity index (χ0v) is 22.6. The zero-order valence-electron chi connectivity index (χ0n) is 21.8. The Morgan fingerprint density at radius 3 is 2.50 bits per heavy atom. The Hall–Kier alpha value is -4.63. The highest BCUT2D eigenvalue weighted by atomic mass is 35.5. The number of hydrogen-bond donors (Lipinski definition) is 3. The van der Waals surface area contributed by atoms with Gasteiger partial charge >= 0.3 is 5.97 Å². The molecule has 40 heavy (non-hydrogen) atoms. The number of nitrogens with zero attached hydrogens (tertiary/aromatic N) is 2. The number of aromatic nitrogens is 3. The number of carboxylic acid groups (broad SMARTS) is 1. The standard InChI is InChI=1S/C21H18N4O3.C9H9ClO2/c1-22-17-11-24-28-19(17)15-7-6-14(16-10-23-25-18(15)16)12-2-4-13(5-3-12)21(8-9-21)20(26)27;1-7(12-6-11)8-4-2-3-5-9(8)10/h2-7,10-11,22H,8-9H2,1H3,(H,23,25)(H,26,27);2-7H,1H3. The Bertz CT molecular complexity index is 1660. The fraction of sp³-hybridized carbons (Fsp3) is 0.200. The van der Waals surface area contributed by atoms with Crippen LogP contribution in [0.3, 0.4) is 0 Å². The zero-order chi connectivity index (χ0) is 28.3. The number of aliphatic carboxylic acids is 1. The molecule has 1 aliphatic rings. The van der Waals surface area contributed by atoms with Crippen LogP contribution in [-0.4, -0.2) is 39.9 Å². The maximum Gasteiger partial charge on any atom is 0.314 e. The minimum atomic E-state index is -0.741. The monoisotopic (exact) mass is 558 g/mol. The topological polar surface area (TPSA) is 130 Å². The van der Waals surface area contributed by atoms with Gasteiger partial charge < -0.3 is 19.7 Å². The molecule has 0 aliphatic heterocycles. The van der Waals surface area contributed by atoms with Crippen LogP contribution >= 0.6 is 11.6 Å². The molecule has 0 saturated heterocycles. The molecule has 6 rings (SSSR count). The Balaban J connectivity index is 0.000000227. The van der Waals surface area contributed by atoms with Gasteiger partial charge in [0.1, 0.15) is 11.8 Å². The quantitative estimate of drug-likeness (QED) is 0.181. The summed E-state index contributed by atoms with van der Waals surface area (Å²) in [6.07, 6.45) is 4.55. The average molecular weight is 559 g/mol. The first-order valence-corrected chi connectivity index (χ1v) is 13.0. The molecule has 2 heterocycles. The summed E-state index contributed by atoms with van der Waals surface area (Å²) in [6.45, 7) is 2.20. The lowest BCUT2D eigenvalue weighted by molar-refractivity contribution is -0.140. The van der Waals surface area contributed by atoms with Crippen LogP contribution in [0.25, 0.3) is 33.4 Å². The van der Waals surface area contributed by atoms with Crippen molar-refractivity contribution in [3.8, 4) is 22.5 Å². The molecule has 0 radical (unpaired) electrons. The molecule has 3 aromatic carbocycles. The van der Waals surface area contributed by atoms with E-state index in [4.69, 9.17) is 20.9 Å². The first-order valence-electron chi connectivity index (χ1n) is 12.7. The molecule has 1 aliphatic carbocycles. The molecule has 1 unspecified atom stereocenters. The van der Waals surface area contributed by atoms with E-state index < -0.39 is 11.4 Å². The molecular formula is C30H27ClN4O5. The van der Waals surface area contributed by atoms with Crippen LogP contribution in [0, 0.1) is 0 Å². The molecule has 1 fully saturated rings. The number of fused-ring (bicyclic) bond motifs is 1. The van der Waals surface area contributed by atoms with E-state index in [1.165, 1.54) is 0 Å². The van der Waals surface area contributed by atoms with Crippen LogP contribution in [0.15, 0.2) is 77.6 Å². The molecule has 1 atom stereocenters. The van der Waals surface area contributed by atoms with Crippen LogP contribution in [0.1, 0.15) is 37.0 Å². The predicted molar refractivity (Wildman–Crippen MR) is 152 cm³/mol. The average Bonchev–Trinajstić information content (AvgIpc) is 3.40. The van der Waals surface area contributed by atoms with Crippen molar-refractivity contribution in [2.24, 2.45) is 0 Å². The molecule has 10 heteroatoms. The molecule has 5 aromatic rings. The van der Waals surface area contributed by atoms with Gasteiger partial charge in [0, 0.05) is 28.6 Å². The number of benzene rings is 3. The maximum absolute atomic E-state index is 11.5. The Labute approximate surface area is 235 Å². The summed E-state index contributed by atoms with van der Waals surface area (Å²) in [6, 6.07) is 19.1. The van der Waals surface area contributed by atoms with Crippen LogP contribution in [0.5, 0.6) is 0 Å². The maximum atomic E-state index is 11.5. The smallest absolute Gasteiger partial charge is 0.314 e. The van der Waals surface area contributed by atoms with Crippen molar-refractivity contribution in [3.63, 3.8) is 0 Å². The molecule has 0 bridgehead atoms. The predicted octanol–water partition coefficient (Wildman–Crippen LogP) is 6.62. The summed E-state index contributed by atoms with van der Waals surface area (Å²) >= 11 is 5.86. The van der Waals surface area contributed by atoms with Crippen LogP contribution in [0.4, 0.5) is 5.69 Å². The Kier molecular flexibility index (Phi) is 7.57. The highest BCUT2D eigenvalue weighted by Gasteiger charge is 2.51. The van der Waals surface area contributed by atoms with Crippen LogP contribution in [-0.2, 0) is 19.7 Å². The van der Waals surface area contributed by atoms with E-state index in [1.54, 1.807) is 25.4 Å². The number of rotatable bonds is 8. The van der Waals surface area contributed by atoms with Gasteiger partial charge in [-0.15, -0.1) is 0 Å². The number of hydrogen-bond acceptors (Lipinski definition) is 7. The first kappa shape index (κ1) is 27.0. The number of nitrogens with one attached hydrogen (secondary N) is 2. The van der Waals surface area contributed by atoms with Crippen molar-refractivity contribution >= 4 is 40.6 Å². The number of carbonyl (C=O) groups is 2. The Morgan fingerprint density at radius 2 is 1.85 bits per heavy atom. The lowest BCUT2D eigenvalue weighted by atomic mass is 9.92. The molecule has 0 spiro atoms. The van der Waals surface area contributed by atoms with Crippen molar-refractivity contribution in [1.82, 2.24) is 15.4 Å². The third-order valence-corrected chi connectivity index (χ3v) is 7.55. The van der Waals surface area contributed by atoms with E-state index in [0.29, 0.717) is 30.1 Å². The largest absolute Gasteiger partial charge is 0.481 e. The minimum absolute atomic E-state index is 0.281. The van der Waals surface area contributed by atoms with Gasteiger partial charge in [0.05, 0.1) is 23.3 Å². The number of carboxylic acids is 1. The van der Waals surface area contributed by atoms with Crippen molar-refractivity contribution < 1.29 is 24.0 Å². The van der Waals surface area contributed by atoms with Gasteiger partial charge in [0.25, 0.3) is 6.47 Å². The second kappa shape index (κ2) is 11.2. The van der Waals surface area contributed by atoms with Crippen molar-refractivity contribution in [1.29, 1.82) is 0 Å². The Morgan fingerprint density at radius 1 is 1.12 bits per heavy atom. The van der Waals surface area contributed by atoms with Crippen LogP contribution < -0.4 is 5.32 Å². The number of aromatic amines is 1. The van der Waals surface area contributed by atoms with Gasteiger partial charge in [-0.05, 0) is 48.6 Å². The lowest BCUT2D eigenvalue weighted by Crippen LogP contribution is -2.19. The van der Waals surface area contributed by atoms with Gasteiger partial charge in [-0.2, -0.15) is 5.10 Å². The summed E-state index contributed by atoms with van der Waals surface area (Å²) in [5.74, 6) is -0.0926. The second-order valence-corrected chi connectivity index (χ2v) is 9.91. The van der Waals surface area contributed by atoms with E-state index in [1.807, 2.05) is 61.6 Å². The highest BCUT2D eigenvalue weighted by molar-refractivity contribution is 6.31. The summed E-state index contributed by atoms with van der Waals surface area (Å²) in [4.78, 5) is 21.6. The van der Waals surface area contributed by atoms with Gasteiger partial charge in [-0.25, -0.2) is 0 Å². The third kappa shape index (κ3) is 5.03. The number of anilines is 1. The SMILES string of the molecule is CC(OC=O)c1ccccc1Cl.CNc1cnoc1-c1ccc(-c2ccc(C3(C(=O)O)CC3)cc2)c2cn[nH]c12. The number of carbonyl (C=O) groups excluding carboxylic acids is 1. The third-order valence-electron chi connectivity index (χ3n) is 7.21. The molecule has 204 valence electrons. The van der Waals surface area contributed by atoms with Crippen LogP contribution in [0.2, 0.25) is 5.02 Å². The minimum Gasteiger partial charge on any atom is -0.481 e. The van der Waals surface area contributed by atoms with E-state index in [9.17, 15) is 14.7 Å². The summed E-state index contributed by atoms with van der Waals surface area (Å²) in [5, 5.41) is 25.3. The summed E-state index contributed by atoms with van der Waals surface area (Å²) < 4.78 is 10.2. The van der Waals surface area contributed by atoms with Crippen molar-refractivity contribution in [2.75, 3.05) is 12.4 Å². The second-order valence-electron chi connectivity index (χ2n) is 9.50. The first-order chi connectivity index (χ1) is 19.4. The van der Waals surface area contributed by atoms with E-state index in [-0.39, 0.29) is 6.10 Å². The molecular weight excluding hydrogens is 532 g/mol. The number of H-pyrrole nitrogens is 1. The summed E-state index contributed by atoms with van der Waals surface area (Å²) in [5.41, 5.74) is 5.56. The van der Waals surface area contributed by atoms with E-state index in [2.05, 4.69) is 20.7 Å². The lowest BCUT2D eigenvalue weighted by Gasteiger charge is -2.12. The van der Waals surface area contributed by atoms with Gasteiger partial charge in [0.15, 0.2) is 5.76 Å². The molecule has 2 aromatic heterocycles. The fourth-order valence-corrected chi connectivity index (χ4v) is 5.06. The molecule has 3 N–H and O–H groups in total. The van der Waals surface area contributed by atoms with Crippen molar-refractivity contribution in [2.45, 2.75) is 31.3 Å². The van der Waals surface area contributed by atoms with Gasteiger partial charge in [-0.1, -0.05) is 65.3 Å². The summed E-state index contributed by atoms with van der Waals surface area (Å²) in [7, 11) is 1.82. The molecule has 1 saturated carbocycles. The van der Waals surface area contributed by atoms with Crippen molar-refractivity contribution in [3.05, 3.63) is 89.2 Å². The van der Waals surface area contributed by atoms with Gasteiger partial charge in [-0.3, -0.25) is 14.7 Å². The molecule has 0 amide bonds. The van der Waals surface area contributed by atoms with E-state index in [0.717, 1.165) is 44.4 Å².